The first-order valence-corrected chi connectivity index (χ1v) is 43.3. The van der Waals surface area contributed by atoms with Crippen LogP contribution in [0.25, 0.3) is 21.8 Å². The number of nitrogens with two attached hydrogens (primary N) is 3. The van der Waals surface area contributed by atoms with Crippen LogP contribution < -0.4 is 64.0 Å². The molecular formula is C84H97Cl3N23O11PS2. The zero-order valence-electron chi connectivity index (χ0n) is 69.1. The molecule has 6 aromatic carbocycles. The summed E-state index contributed by atoms with van der Waals surface area (Å²) in [7, 11) is 4.78. The van der Waals surface area contributed by atoms with E-state index < -0.39 is 22.3 Å². The van der Waals surface area contributed by atoms with E-state index >= 15 is 0 Å². The third kappa shape index (κ3) is 41.3. The average molecular weight is 1810 g/mol. The summed E-state index contributed by atoms with van der Waals surface area (Å²) in [6, 6.07) is 53.8. The number of hydrogen-bond donors (Lipinski definition) is 13. The van der Waals surface area contributed by atoms with Gasteiger partial charge >= 0.3 is 11.2 Å². The van der Waals surface area contributed by atoms with Crippen LogP contribution in [0.3, 0.4) is 0 Å². The highest BCUT2D eigenvalue weighted by Gasteiger charge is 2.13. The standard InChI is InChI=1S/C22H19N5O.2C12H10N4O2.C9H10N2.C8H11NO3.C6H5N3OS.C6H7NO.C6H15N.C2H6N2S.CH4.Cl3OP/c1-14-8-16-11-18(6-7-20(16)25-14)26-22-17(12-23)13-24-21(27-22)10-15-4-3-5-19(9-15)28-2;2*1-18-10-4-2-3-9(5-10)15-12-14-7-8(6-13)11(17)16-12;1-6-4-7-5-8(10)2-3-9(7)11-6;1-3-11-6-7(5-9)8(10)12-4-2;1-11-6-8-3-4(2-7)5(10)9-6;7-5-2-1-3-6(8)4-5;1-4-7(5-2)6-3;1-5-2(3)4;;1-5(2,3)4/h3-9,11,13,25H,10H2,1-2H3,(H,24,26,27);2*2-5,7H,1H3,(H2,14,15,16,17);2-5,11H,10H2,1H3;6H,3-4H2,1-2H3;3H,1H3,(H,8,9,10);1-4,8H,7H2;4-6H2,1-3H3;1H3,(H3,3,4);1H4;/b;;;;7-6+;;;;;;. The molecule has 34 nitrogen and oxygen atoms in total. The van der Waals surface area contributed by atoms with Crippen molar-refractivity contribution in [3.63, 3.8) is 0 Å². The number of phenolic OH excluding ortho intramolecular Hbond substituents is 1. The summed E-state index contributed by atoms with van der Waals surface area (Å²) < 4.78 is 34.3. The summed E-state index contributed by atoms with van der Waals surface area (Å²) in [5.74, 6) is 3.42. The molecule has 0 aliphatic carbocycles. The molecule has 12 rings (SSSR count). The topological polar surface area (TPSA) is 555 Å². The molecule has 0 atom stereocenters. The van der Waals surface area contributed by atoms with Crippen LogP contribution in [0.1, 0.15) is 87.1 Å². The molecule has 0 aliphatic heterocycles. The zero-order valence-corrected chi connectivity index (χ0v) is 73.9. The van der Waals surface area contributed by atoms with Crippen LogP contribution in [0.4, 0.5) is 46.2 Å². The van der Waals surface area contributed by atoms with Crippen LogP contribution in [-0.2, 0) is 25.3 Å². The predicted octanol–water partition coefficient (Wildman–Crippen LogP) is 16.7. The molecule has 0 spiro atoms. The number of aromatic nitrogens is 10. The van der Waals surface area contributed by atoms with Gasteiger partial charge in [-0.25, -0.2) is 29.7 Å². The van der Waals surface area contributed by atoms with E-state index in [1.54, 1.807) is 133 Å². The van der Waals surface area contributed by atoms with Crippen molar-refractivity contribution in [2.45, 2.75) is 67.5 Å². The molecule has 0 unspecified atom stereocenters. The number of aromatic hydroxyl groups is 1. The summed E-state index contributed by atoms with van der Waals surface area (Å²) in [5, 5.41) is 67.6. The number of halogens is 3. The lowest BCUT2D eigenvalue weighted by Gasteiger charge is -2.13. The number of carbonyl (C=O) groups is 1. The molecule has 124 heavy (non-hydrogen) atoms. The number of hydrogen-bond acceptors (Lipinski definition) is 30. The Bertz CT molecular complexity index is 5740. The largest absolute Gasteiger partial charge is 0.508 e. The first-order chi connectivity index (χ1) is 58.8. The molecule has 0 aliphatic rings. The van der Waals surface area contributed by atoms with Crippen molar-refractivity contribution in [3.8, 4) is 53.3 Å². The minimum atomic E-state index is -3.22. The van der Waals surface area contributed by atoms with Crippen LogP contribution >= 0.6 is 62.4 Å². The number of nitrogens with one attached hydrogen (secondary N) is 9. The van der Waals surface area contributed by atoms with Crippen molar-refractivity contribution in [2.75, 3.05) is 94.1 Å². The van der Waals surface area contributed by atoms with E-state index in [1.807, 2.05) is 86.6 Å². The molecule has 0 fully saturated rings. The summed E-state index contributed by atoms with van der Waals surface area (Å²) >= 11 is 16.4. The quantitative estimate of drug-likeness (QED) is 0.00342. The summed E-state index contributed by atoms with van der Waals surface area (Å²) in [6.07, 6.45) is 10.5. The Morgan fingerprint density at radius 3 is 1.44 bits per heavy atom. The fourth-order valence-electron chi connectivity index (χ4n) is 9.44. The van der Waals surface area contributed by atoms with Gasteiger partial charge in [-0.1, -0.05) is 82.1 Å². The Labute approximate surface area is 740 Å². The molecule has 0 bridgehead atoms. The van der Waals surface area contributed by atoms with Gasteiger partial charge < -0.3 is 81.8 Å². The second-order valence-corrected chi connectivity index (χ2v) is 32.3. The third-order valence-corrected chi connectivity index (χ3v) is 16.3. The highest BCUT2D eigenvalue weighted by Crippen LogP contribution is 2.61. The Morgan fingerprint density at radius 1 is 0.581 bits per heavy atom. The Morgan fingerprint density at radius 2 is 1.02 bits per heavy atom. The average Bonchev–Trinajstić information content (AvgIpc) is 1.53. The van der Waals surface area contributed by atoms with Crippen molar-refractivity contribution in [2.24, 2.45) is 5.73 Å². The normalized spacial score (nSPS) is 9.85. The summed E-state index contributed by atoms with van der Waals surface area (Å²) in [5.41, 5.74) is 24.0. The van der Waals surface area contributed by atoms with E-state index in [0.717, 1.165) is 62.4 Å². The number of fused-ring (bicyclic) bond motifs is 2. The molecule has 16 N–H and O–H groups in total. The van der Waals surface area contributed by atoms with Gasteiger partial charge in [-0.05, 0) is 196 Å². The van der Waals surface area contributed by atoms with Gasteiger partial charge in [-0.2, -0.15) is 26.3 Å². The number of rotatable bonds is 19. The van der Waals surface area contributed by atoms with Gasteiger partial charge in [0, 0.05) is 86.3 Å². The summed E-state index contributed by atoms with van der Waals surface area (Å²) in [4.78, 5) is 81.5. The number of nitrogen functional groups attached to an aromatic ring is 2. The van der Waals surface area contributed by atoms with E-state index in [0.29, 0.717) is 52.6 Å². The summed E-state index contributed by atoms with van der Waals surface area (Å²) in [6.45, 7) is 18.3. The van der Waals surface area contributed by atoms with Crippen molar-refractivity contribution in [3.05, 3.63) is 258 Å². The van der Waals surface area contributed by atoms with Gasteiger partial charge in [0.05, 0.1) is 59.3 Å². The molecule has 0 saturated carbocycles. The fraction of sp³-hybridized carbons (Fsp3) is 0.226. The fourth-order valence-corrected chi connectivity index (χ4v) is 9.79. The molecule has 0 amide bonds. The number of aryl methyl sites for hydroxylation is 2. The number of amidine groups is 1. The molecule has 0 radical (unpaired) electrons. The van der Waals surface area contributed by atoms with Crippen molar-refractivity contribution in [1.82, 2.24) is 54.7 Å². The maximum absolute atomic E-state index is 11.4. The number of nitriles is 5. The molecule has 40 heteroatoms. The molecule has 6 heterocycles. The number of phenols is 1. The molecule has 0 saturated heterocycles. The number of benzene rings is 6. The Balaban J connectivity index is 0.000000488. The second-order valence-electron chi connectivity index (χ2n) is 24.0. The van der Waals surface area contributed by atoms with Crippen LogP contribution in [0, 0.1) is 75.9 Å². The van der Waals surface area contributed by atoms with Gasteiger partial charge in [0.2, 0.25) is 11.9 Å². The third-order valence-electron chi connectivity index (χ3n) is 15.3. The van der Waals surface area contributed by atoms with Crippen molar-refractivity contribution in [1.29, 1.82) is 31.7 Å². The van der Waals surface area contributed by atoms with Gasteiger partial charge in [-0.15, -0.1) is 0 Å². The van der Waals surface area contributed by atoms with Crippen LogP contribution in [0.2, 0.25) is 0 Å². The predicted molar refractivity (Wildman–Crippen MR) is 495 cm³/mol. The highest BCUT2D eigenvalue weighted by molar-refractivity contribution is 8.24. The smallest absolute Gasteiger partial charge is 0.352 e. The lowest BCUT2D eigenvalue weighted by atomic mass is 10.1. The van der Waals surface area contributed by atoms with Crippen molar-refractivity contribution < 1.29 is 38.2 Å². The second kappa shape index (κ2) is 58.1. The van der Waals surface area contributed by atoms with Crippen LogP contribution in [0.15, 0.2) is 202 Å². The maximum atomic E-state index is 11.4. The van der Waals surface area contributed by atoms with E-state index in [2.05, 4.69) is 148 Å². The number of esters is 1. The number of aromatic amines is 5. The van der Waals surface area contributed by atoms with E-state index in [9.17, 15) is 29.0 Å². The monoisotopic (exact) mass is 1800 g/mol. The number of ether oxygens (including phenoxy) is 5. The van der Waals surface area contributed by atoms with Gasteiger partial charge in [0.25, 0.3) is 16.7 Å². The van der Waals surface area contributed by atoms with E-state index in [4.69, 9.17) is 67.7 Å². The Hall–Kier alpha value is -14.0. The number of nitrogens with zero attached hydrogens (tertiary/aromatic N) is 11. The molecular weight excluding hydrogens is 1710 g/mol. The van der Waals surface area contributed by atoms with Gasteiger partial charge in [0.1, 0.15) is 87.7 Å². The van der Waals surface area contributed by atoms with Crippen LogP contribution in [0.5, 0.6) is 23.0 Å². The van der Waals surface area contributed by atoms with Crippen LogP contribution in [-0.4, -0.2) is 138 Å². The Kier molecular flexibility index (Phi) is 49.7. The van der Waals surface area contributed by atoms with E-state index in [1.165, 1.54) is 78.9 Å². The minimum Gasteiger partial charge on any atom is -0.508 e. The van der Waals surface area contributed by atoms with Gasteiger partial charge in [-0.3, -0.25) is 34.3 Å². The number of methoxy groups -OCH3 is 3. The molecule has 6 aromatic heterocycles. The first-order valence-electron chi connectivity index (χ1n) is 36.5. The van der Waals surface area contributed by atoms with Gasteiger partial charge in [0.15, 0.2) is 21.7 Å². The number of H-pyrrole nitrogens is 5. The molecule has 652 valence electrons. The minimum absolute atomic E-state index is 0. The lowest BCUT2D eigenvalue weighted by Crippen LogP contribution is -2.21. The van der Waals surface area contributed by atoms with E-state index in [-0.39, 0.29) is 64.7 Å². The number of thioether (sulfide) groups is 2. The SMILES string of the molecule is C.CCN(CC)CC.CCO/C=C(\C#N)C(=O)OCC.COc1cccc(Cc2ncc(C#N)c(Nc3ccc4[nH]c(C)cc4c3)n2)c1.COc1cccc(Nc2ncc(C#N)c(=O)[nH]2)c1.COc1cccc(Nc2ncc(C#N)c(=O)[nH]2)c1.CSC(=N)N.CSc1ncc(C#N)c(=O)[nH]1.Cc1cc2cc(N)ccc2[nH]1.Nc1cccc(O)c1.O=P(Cl)(Cl)Cl. The first kappa shape index (κ1) is 106. The number of carbonyl (C=O) groups excluding carboxylic acids is 1. The molecule has 12 aromatic rings. The highest BCUT2D eigenvalue weighted by atomic mass is 36.0. The number of anilines is 8. The maximum Gasteiger partial charge on any atom is 0.352 e. The zero-order chi connectivity index (χ0) is 91.4. The lowest BCUT2D eigenvalue weighted by molar-refractivity contribution is -0.138. The van der Waals surface area contributed by atoms with Crippen molar-refractivity contribution >= 4 is 142 Å².